The Labute approximate surface area is 170 Å². The van der Waals surface area contributed by atoms with Gasteiger partial charge in [0, 0.05) is 0 Å². The van der Waals surface area contributed by atoms with Gasteiger partial charge in [-0.15, -0.1) is 0 Å². The summed E-state index contributed by atoms with van der Waals surface area (Å²) in [5.74, 6) is -0.966. The van der Waals surface area contributed by atoms with Gasteiger partial charge in [0.05, 0.1) is 17.0 Å². The first-order chi connectivity index (χ1) is 13.7. The molecule has 1 amide bonds. The van der Waals surface area contributed by atoms with Crippen molar-refractivity contribution >= 4 is 33.3 Å². The highest BCUT2D eigenvalue weighted by molar-refractivity contribution is 9.10. The SMILES string of the molecule is Cc1ccc(OC(F)F)c(NC(=O)c2ccc(Cn3cc(Br)c([N+](=O)[O-])n3)o2)c1. The number of nitro groups is 1. The fourth-order valence-corrected chi connectivity index (χ4v) is 2.92. The van der Waals surface area contributed by atoms with Crippen LogP contribution in [0.3, 0.4) is 0 Å². The Hall–Kier alpha value is -3.28. The molecule has 3 aromatic rings. The maximum Gasteiger partial charge on any atom is 0.404 e. The number of carbonyl (C=O) groups excluding carboxylic acids is 1. The highest BCUT2D eigenvalue weighted by Crippen LogP contribution is 2.28. The summed E-state index contributed by atoms with van der Waals surface area (Å²) in [4.78, 5) is 22.6. The average molecular weight is 471 g/mol. The van der Waals surface area contributed by atoms with Gasteiger partial charge in [-0.05, 0) is 57.6 Å². The van der Waals surface area contributed by atoms with Crippen LogP contribution >= 0.6 is 15.9 Å². The quantitative estimate of drug-likeness (QED) is 0.405. The molecule has 0 saturated heterocycles. The lowest BCUT2D eigenvalue weighted by molar-refractivity contribution is -0.390. The summed E-state index contributed by atoms with van der Waals surface area (Å²) in [7, 11) is 0. The van der Waals surface area contributed by atoms with E-state index in [1.54, 1.807) is 13.0 Å². The van der Waals surface area contributed by atoms with E-state index in [1.165, 1.54) is 35.1 Å². The molecular weight excluding hydrogens is 458 g/mol. The number of amides is 1. The van der Waals surface area contributed by atoms with Gasteiger partial charge < -0.3 is 24.6 Å². The number of alkyl halides is 2. The maximum absolute atomic E-state index is 12.5. The van der Waals surface area contributed by atoms with Crippen LogP contribution in [0.1, 0.15) is 21.9 Å². The molecule has 0 unspecified atom stereocenters. The van der Waals surface area contributed by atoms with E-state index in [0.717, 1.165) is 5.56 Å². The number of rotatable bonds is 7. The Balaban J connectivity index is 1.74. The summed E-state index contributed by atoms with van der Waals surface area (Å²) in [6.07, 6.45) is 1.40. The molecule has 0 atom stereocenters. The molecular formula is C17H13BrF2N4O5. The Bertz CT molecular complexity index is 1070. The maximum atomic E-state index is 12.5. The zero-order valence-electron chi connectivity index (χ0n) is 14.8. The molecule has 152 valence electrons. The molecule has 0 radical (unpaired) electrons. The Morgan fingerprint density at radius 3 is 2.83 bits per heavy atom. The number of hydrogen-bond donors (Lipinski definition) is 1. The summed E-state index contributed by atoms with van der Waals surface area (Å²) in [6.45, 7) is -1.26. The summed E-state index contributed by atoms with van der Waals surface area (Å²) in [6, 6.07) is 7.27. The van der Waals surface area contributed by atoms with E-state index in [-0.39, 0.29) is 34.0 Å². The van der Waals surface area contributed by atoms with E-state index in [4.69, 9.17) is 4.42 Å². The molecule has 2 aromatic heterocycles. The molecule has 9 nitrogen and oxygen atoms in total. The minimum atomic E-state index is -3.04. The second-order valence-corrected chi connectivity index (χ2v) is 6.71. The van der Waals surface area contributed by atoms with Crippen molar-refractivity contribution in [2.24, 2.45) is 0 Å². The van der Waals surface area contributed by atoms with Crippen LogP contribution < -0.4 is 10.1 Å². The van der Waals surface area contributed by atoms with E-state index < -0.39 is 17.4 Å². The normalized spacial score (nSPS) is 10.9. The molecule has 1 aromatic carbocycles. The molecule has 12 heteroatoms. The first kappa shape index (κ1) is 20.5. The number of aryl methyl sites for hydroxylation is 1. The lowest BCUT2D eigenvalue weighted by Crippen LogP contribution is -2.13. The minimum Gasteiger partial charge on any atom is -0.454 e. The third-order valence-corrected chi connectivity index (χ3v) is 4.23. The van der Waals surface area contributed by atoms with Crippen LogP contribution in [0.4, 0.5) is 20.3 Å². The van der Waals surface area contributed by atoms with Crippen LogP contribution in [0.2, 0.25) is 0 Å². The predicted octanol–water partition coefficient (Wildman–Crippen LogP) is 4.36. The number of nitrogens with one attached hydrogen (secondary N) is 1. The van der Waals surface area contributed by atoms with Gasteiger partial charge in [0.15, 0.2) is 5.76 Å². The van der Waals surface area contributed by atoms with E-state index in [0.29, 0.717) is 5.76 Å². The van der Waals surface area contributed by atoms with Crippen molar-refractivity contribution in [3.63, 3.8) is 0 Å². The van der Waals surface area contributed by atoms with Gasteiger partial charge >= 0.3 is 12.4 Å². The molecule has 0 bridgehead atoms. The highest BCUT2D eigenvalue weighted by Gasteiger charge is 2.20. The van der Waals surface area contributed by atoms with E-state index in [1.807, 2.05) is 0 Å². The largest absolute Gasteiger partial charge is 0.454 e. The number of aromatic nitrogens is 2. The molecule has 0 saturated carbocycles. The van der Waals surface area contributed by atoms with Gasteiger partial charge in [-0.1, -0.05) is 6.07 Å². The van der Waals surface area contributed by atoms with Gasteiger partial charge in [-0.3, -0.25) is 4.79 Å². The van der Waals surface area contributed by atoms with Crippen LogP contribution in [0, 0.1) is 17.0 Å². The third kappa shape index (κ3) is 4.96. The van der Waals surface area contributed by atoms with Crippen molar-refractivity contribution in [1.29, 1.82) is 0 Å². The van der Waals surface area contributed by atoms with Crippen molar-refractivity contribution in [3.05, 3.63) is 68.2 Å². The zero-order chi connectivity index (χ0) is 21.1. The summed E-state index contributed by atoms with van der Waals surface area (Å²) in [5.41, 5.74) is 0.799. The number of carbonyl (C=O) groups is 1. The number of hydrogen-bond acceptors (Lipinski definition) is 6. The Kier molecular flexibility index (Phi) is 5.92. The molecule has 29 heavy (non-hydrogen) atoms. The van der Waals surface area contributed by atoms with Crippen molar-refractivity contribution in [2.75, 3.05) is 5.32 Å². The lowest BCUT2D eigenvalue weighted by Gasteiger charge is -2.12. The monoisotopic (exact) mass is 470 g/mol. The van der Waals surface area contributed by atoms with Crippen molar-refractivity contribution in [3.8, 4) is 5.75 Å². The van der Waals surface area contributed by atoms with E-state index in [9.17, 15) is 23.7 Å². The van der Waals surface area contributed by atoms with Crippen LogP contribution in [-0.2, 0) is 6.54 Å². The van der Waals surface area contributed by atoms with Crippen LogP contribution in [-0.4, -0.2) is 27.2 Å². The van der Waals surface area contributed by atoms with Gasteiger partial charge in [-0.25, -0.2) is 0 Å². The Morgan fingerprint density at radius 2 is 2.17 bits per heavy atom. The number of halogens is 3. The molecule has 1 N–H and O–H groups in total. The van der Waals surface area contributed by atoms with Crippen LogP contribution in [0.5, 0.6) is 5.75 Å². The minimum absolute atomic E-state index is 0.0455. The second-order valence-electron chi connectivity index (χ2n) is 5.85. The van der Waals surface area contributed by atoms with Crippen molar-refractivity contribution in [1.82, 2.24) is 9.78 Å². The summed E-state index contributed by atoms with van der Waals surface area (Å²) < 4.78 is 36.4. The number of anilines is 1. The smallest absolute Gasteiger partial charge is 0.404 e. The van der Waals surface area contributed by atoms with E-state index >= 15 is 0 Å². The molecule has 0 aliphatic rings. The molecule has 0 aliphatic heterocycles. The summed E-state index contributed by atoms with van der Waals surface area (Å²) in [5, 5.41) is 17.1. The molecule has 0 fully saturated rings. The average Bonchev–Trinajstić information content (AvgIpc) is 3.24. The standard InChI is InChI=1S/C17H13BrF2N4O5/c1-9-2-4-13(29-17(19)20)12(6-9)21-16(25)14-5-3-10(28-14)7-23-8-11(18)15(22-23)24(26)27/h2-6,8,17H,7H2,1H3,(H,21,25). The van der Waals surface area contributed by atoms with E-state index in [2.05, 4.69) is 31.1 Å². The van der Waals surface area contributed by atoms with Gasteiger partial charge in [0.25, 0.3) is 5.91 Å². The van der Waals surface area contributed by atoms with Gasteiger partial charge in [0.2, 0.25) is 0 Å². The van der Waals surface area contributed by atoms with Crippen LogP contribution in [0.15, 0.2) is 45.4 Å². The zero-order valence-corrected chi connectivity index (χ0v) is 16.4. The first-order valence-electron chi connectivity index (χ1n) is 8.06. The number of nitrogens with zero attached hydrogens (tertiary/aromatic N) is 3. The number of ether oxygens (including phenoxy) is 1. The first-order valence-corrected chi connectivity index (χ1v) is 8.85. The fraction of sp³-hybridized carbons (Fsp3) is 0.176. The third-order valence-electron chi connectivity index (χ3n) is 3.67. The summed E-state index contributed by atoms with van der Waals surface area (Å²) >= 11 is 3.04. The molecule has 3 rings (SSSR count). The lowest BCUT2D eigenvalue weighted by atomic mass is 10.2. The van der Waals surface area contributed by atoms with Gasteiger partial charge in [0.1, 0.15) is 22.5 Å². The topological polar surface area (TPSA) is 112 Å². The molecule has 2 heterocycles. The van der Waals surface area contributed by atoms with Crippen LogP contribution in [0.25, 0.3) is 0 Å². The molecule has 0 spiro atoms. The number of furan rings is 1. The second kappa shape index (κ2) is 8.39. The highest BCUT2D eigenvalue weighted by atomic mass is 79.9. The van der Waals surface area contributed by atoms with Crippen molar-refractivity contribution < 1.29 is 27.7 Å². The number of benzene rings is 1. The predicted molar refractivity (Wildman–Crippen MR) is 100 cm³/mol. The fourth-order valence-electron chi connectivity index (χ4n) is 2.46. The Morgan fingerprint density at radius 1 is 1.41 bits per heavy atom. The molecule has 0 aliphatic carbocycles. The van der Waals surface area contributed by atoms with Gasteiger partial charge in [-0.2, -0.15) is 13.5 Å². The van der Waals surface area contributed by atoms with Crippen molar-refractivity contribution in [2.45, 2.75) is 20.1 Å².